The Bertz CT molecular complexity index is 613. The zero-order chi connectivity index (χ0) is 23.9. The van der Waals surface area contributed by atoms with Gasteiger partial charge in [0, 0.05) is 0 Å². The molecule has 2 N–H and O–H groups in total. The molecule has 0 rings (SSSR count). The Hall–Kier alpha value is -0.570. The Morgan fingerprint density at radius 3 is 1.47 bits per heavy atom. The minimum absolute atomic E-state index is 0.156. The third-order valence-electron chi connectivity index (χ3n) is 3.03. The Kier molecular flexibility index (Phi) is 11.7. The van der Waals surface area contributed by atoms with E-state index in [0.29, 0.717) is 0 Å². The predicted octanol–water partition coefficient (Wildman–Crippen LogP) is 6.06. The number of nitrogens with one attached hydrogen (secondary N) is 2. The minimum Gasteiger partial charge on any atom is -0.469 e. The van der Waals surface area contributed by atoms with Crippen molar-refractivity contribution in [3.05, 3.63) is 25.3 Å². The number of carbonyl (C=O) groups is 1. The lowest BCUT2D eigenvalue weighted by Crippen LogP contribution is -2.46. The highest BCUT2D eigenvalue weighted by molar-refractivity contribution is 6.76. The maximum absolute atomic E-state index is 12.7. The molecule has 0 aromatic rings. The molecule has 0 heterocycles. The number of alkyl halides is 6. The van der Waals surface area contributed by atoms with Crippen molar-refractivity contribution in [3.8, 4) is 0 Å². The smallest absolute Gasteiger partial charge is 0.410 e. The summed E-state index contributed by atoms with van der Waals surface area (Å²) in [6.45, 7) is 11.9. The number of nitrogens with zero attached hydrogens (tertiary/aromatic N) is 1. The average Bonchev–Trinajstić information content (AvgIpc) is 2.55. The van der Waals surface area contributed by atoms with Gasteiger partial charge in [0.15, 0.2) is 0 Å². The fourth-order valence-electron chi connectivity index (χ4n) is 1.74. The molecular weight excluding hydrogens is 523 g/mol. The van der Waals surface area contributed by atoms with Crippen LogP contribution in [0.25, 0.3) is 0 Å². The first kappa shape index (κ1) is 29.4. The van der Waals surface area contributed by atoms with Crippen LogP contribution in [0.15, 0.2) is 25.3 Å². The summed E-state index contributed by atoms with van der Waals surface area (Å²) in [5, 5.41) is 15.4. The maximum atomic E-state index is 12.7. The minimum atomic E-state index is -2.09. The highest BCUT2D eigenvalue weighted by atomic mass is 35.6. The zero-order valence-corrected chi connectivity index (χ0v) is 21.0. The van der Waals surface area contributed by atoms with Crippen LogP contribution >= 0.6 is 69.6 Å². The molecule has 0 aromatic heterocycles. The Morgan fingerprint density at radius 2 is 1.23 bits per heavy atom. The van der Waals surface area contributed by atoms with Crippen molar-refractivity contribution in [3.63, 3.8) is 0 Å². The number of carbonyl (C=O) groups excluding carboxylic acids is 1. The Balaban J connectivity index is 5.56. The van der Waals surface area contributed by atoms with E-state index in [0.717, 1.165) is 0 Å². The second-order valence-corrected chi connectivity index (χ2v) is 11.4. The molecule has 0 saturated carbocycles. The fraction of sp³-hybridized carbons (Fsp3) is 0.588. The van der Waals surface area contributed by atoms with Crippen molar-refractivity contribution in [2.24, 2.45) is 0 Å². The van der Waals surface area contributed by atoms with Gasteiger partial charge in [-0.25, -0.2) is 4.79 Å². The molecule has 0 radical (unpaired) electrons. The molecule has 0 spiro atoms. The van der Waals surface area contributed by atoms with Crippen LogP contribution in [0, 0.1) is 10.8 Å². The third kappa shape index (κ3) is 11.7. The monoisotopic (exact) mass is 543 g/mol. The van der Waals surface area contributed by atoms with Crippen LogP contribution in [0.2, 0.25) is 0 Å². The van der Waals surface area contributed by atoms with Crippen LogP contribution < -0.4 is 0 Å². The number of halogens is 6. The first-order valence-electron chi connectivity index (χ1n) is 8.28. The molecule has 0 aliphatic rings. The maximum Gasteiger partial charge on any atom is 0.410 e. The van der Waals surface area contributed by atoms with Gasteiger partial charge in [-0.05, 0) is 32.9 Å². The fourth-order valence-corrected chi connectivity index (χ4v) is 2.01. The van der Waals surface area contributed by atoms with Crippen molar-refractivity contribution >= 4 is 87.5 Å². The van der Waals surface area contributed by atoms with Gasteiger partial charge in [0.05, 0.1) is 13.1 Å². The Morgan fingerprint density at radius 1 is 0.900 bits per heavy atom. The van der Waals surface area contributed by atoms with Crippen LogP contribution in [0.3, 0.4) is 0 Å². The summed E-state index contributed by atoms with van der Waals surface area (Å²) >= 11 is 33.8. The lowest BCUT2D eigenvalue weighted by Gasteiger charge is -2.32. The summed E-state index contributed by atoms with van der Waals surface area (Å²) in [5.74, 6) is -1.31. The van der Waals surface area contributed by atoms with Crippen molar-refractivity contribution in [2.45, 2.75) is 46.2 Å². The number of ether oxygens (including phenoxy) is 3. The van der Waals surface area contributed by atoms with E-state index in [1.807, 2.05) is 0 Å². The van der Waals surface area contributed by atoms with Gasteiger partial charge in [-0.15, -0.1) is 0 Å². The third-order valence-corrected chi connectivity index (χ3v) is 4.06. The molecule has 0 aromatic carbocycles. The van der Waals surface area contributed by atoms with Crippen LogP contribution in [-0.4, -0.2) is 61.3 Å². The first-order valence-corrected chi connectivity index (χ1v) is 10.5. The van der Waals surface area contributed by atoms with E-state index >= 15 is 0 Å². The second-order valence-electron chi connectivity index (χ2n) is 6.82. The number of amides is 1. The predicted molar refractivity (Wildman–Crippen MR) is 124 cm³/mol. The van der Waals surface area contributed by atoms with Gasteiger partial charge in [-0.2, -0.15) is 0 Å². The summed E-state index contributed by atoms with van der Waals surface area (Å²) in [4.78, 5) is 13.9. The highest BCUT2D eigenvalue weighted by Crippen LogP contribution is 2.29. The Labute approximate surface area is 206 Å². The molecule has 0 aliphatic heterocycles. The van der Waals surface area contributed by atoms with E-state index in [4.69, 9.17) is 94.6 Å². The zero-order valence-electron chi connectivity index (χ0n) is 16.5. The molecule has 30 heavy (non-hydrogen) atoms. The summed E-state index contributed by atoms with van der Waals surface area (Å²) < 4.78 is 11.7. The van der Waals surface area contributed by atoms with Crippen LogP contribution in [0.4, 0.5) is 4.79 Å². The molecule has 2 unspecified atom stereocenters. The summed E-state index contributed by atoms with van der Waals surface area (Å²) in [7, 11) is 0. The lowest BCUT2D eigenvalue weighted by atomic mass is 10.2. The standard InChI is InChI=1S/C17H23Cl6N3O4/c1-6-10(28-12(24)16(18,19)20)8-26(14(27)30-15(3,4)5)9-11(7-2)29-13(25)17(21,22)23/h6-7,10-11,24-25H,1-2,8-9H2,3-5H3. The molecule has 0 aliphatic carbocycles. The number of hydrogen-bond acceptors (Lipinski definition) is 6. The normalized spacial score (nSPS) is 14.2. The number of hydrogen-bond donors (Lipinski definition) is 2. The van der Waals surface area contributed by atoms with E-state index in [1.165, 1.54) is 17.1 Å². The van der Waals surface area contributed by atoms with Crippen LogP contribution in [0.5, 0.6) is 0 Å². The first-order chi connectivity index (χ1) is 13.4. The van der Waals surface area contributed by atoms with Gasteiger partial charge in [-0.3, -0.25) is 10.8 Å². The molecule has 0 bridgehead atoms. The molecule has 0 fully saturated rings. The molecule has 172 valence electrons. The van der Waals surface area contributed by atoms with Gasteiger partial charge in [0.25, 0.3) is 7.59 Å². The van der Waals surface area contributed by atoms with Crippen molar-refractivity contribution in [1.82, 2.24) is 4.90 Å². The summed E-state index contributed by atoms with van der Waals surface area (Å²) in [6, 6.07) is 0. The van der Waals surface area contributed by atoms with Crippen LogP contribution in [0.1, 0.15) is 20.8 Å². The summed E-state index contributed by atoms with van der Waals surface area (Å²) in [6.07, 6.45) is 0.0249. The van der Waals surface area contributed by atoms with Crippen molar-refractivity contribution < 1.29 is 19.0 Å². The van der Waals surface area contributed by atoms with Crippen molar-refractivity contribution in [1.29, 1.82) is 10.8 Å². The molecule has 2 atom stereocenters. The van der Waals surface area contributed by atoms with Gasteiger partial charge in [-0.1, -0.05) is 82.8 Å². The van der Waals surface area contributed by atoms with Gasteiger partial charge in [0.1, 0.15) is 17.8 Å². The SMILES string of the molecule is C=CC(CN(CC(C=C)OC(=N)C(Cl)(Cl)Cl)C(=O)OC(C)(C)C)OC(=N)C(Cl)(Cl)Cl. The molecule has 7 nitrogen and oxygen atoms in total. The molecule has 1 amide bonds. The van der Waals surface area contributed by atoms with E-state index in [9.17, 15) is 4.79 Å². The molecule has 0 saturated heterocycles. The molecular formula is C17H23Cl6N3O4. The quantitative estimate of drug-likeness (QED) is 0.168. The molecule has 13 heteroatoms. The van der Waals surface area contributed by atoms with Gasteiger partial charge in [0.2, 0.25) is 11.8 Å². The number of rotatable bonds is 8. The van der Waals surface area contributed by atoms with E-state index in [-0.39, 0.29) is 13.1 Å². The summed E-state index contributed by atoms with van der Waals surface area (Å²) in [5.41, 5.74) is -0.807. The second kappa shape index (κ2) is 11.9. The highest BCUT2D eigenvalue weighted by Gasteiger charge is 2.34. The lowest BCUT2D eigenvalue weighted by molar-refractivity contribution is 0.0121. The van der Waals surface area contributed by atoms with Crippen molar-refractivity contribution in [2.75, 3.05) is 13.1 Å². The topological polar surface area (TPSA) is 95.7 Å². The van der Waals surface area contributed by atoms with Gasteiger partial charge >= 0.3 is 6.09 Å². The van der Waals surface area contributed by atoms with Gasteiger partial charge < -0.3 is 19.1 Å². The largest absolute Gasteiger partial charge is 0.469 e. The van der Waals surface area contributed by atoms with E-state index in [1.54, 1.807) is 20.8 Å². The van der Waals surface area contributed by atoms with Crippen LogP contribution in [-0.2, 0) is 14.2 Å². The average molecular weight is 546 g/mol. The van der Waals surface area contributed by atoms with E-state index in [2.05, 4.69) is 13.2 Å². The van der Waals surface area contributed by atoms with E-state index < -0.39 is 43.3 Å².